The summed E-state index contributed by atoms with van der Waals surface area (Å²) in [5, 5.41) is -1.38. The molecule has 112 valence electrons. The van der Waals surface area contributed by atoms with Crippen LogP contribution in [-0.2, 0) is 22.9 Å². The Balaban J connectivity index is 3.46. The van der Waals surface area contributed by atoms with E-state index in [0.717, 1.165) is 0 Å². The Labute approximate surface area is 137 Å². The van der Waals surface area contributed by atoms with Crippen molar-refractivity contribution < 1.29 is 27.3 Å². The zero-order valence-corrected chi connectivity index (χ0v) is 14.0. The highest BCUT2D eigenvalue weighted by molar-refractivity contribution is 7.31. The maximum atomic E-state index is 11.9. The van der Waals surface area contributed by atoms with Gasteiger partial charge in [-0.25, -0.2) is 4.79 Å². The summed E-state index contributed by atoms with van der Waals surface area (Å²) in [5.41, 5.74) is -0.717. The zero-order chi connectivity index (χ0) is 16.0. The van der Waals surface area contributed by atoms with E-state index in [9.17, 15) is 14.4 Å². The van der Waals surface area contributed by atoms with Crippen molar-refractivity contribution in [2.24, 2.45) is 0 Å². The molecular weight excluding hydrogens is 361 g/mol. The summed E-state index contributed by atoms with van der Waals surface area (Å²) in [6.07, 6.45) is 1.27. The van der Waals surface area contributed by atoms with Crippen LogP contribution in [0.25, 0.3) is 5.76 Å². The molecular formula is C11H8AlCl3O6. The molecule has 1 rings (SSSR count). The third-order valence-corrected chi connectivity index (χ3v) is 3.18. The molecule has 0 unspecified atom stereocenters. The maximum Gasteiger partial charge on any atom is 0.815 e. The van der Waals surface area contributed by atoms with Crippen LogP contribution in [0, 0.1) is 0 Å². The molecule has 0 aromatic carbocycles. The van der Waals surface area contributed by atoms with Gasteiger partial charge in [-0.3, -0.25) is 9.59 Å². The first-order chi connectivity index (χ1) is 9.88. The van der Waals surface area contributed by atoms with Gasteiger partial charge in [0.25, 0.3) is 11.0 Å². The smallest absolute Gasteiger partial charge is 0.617 e. The first-order valence-electron chi connectivity index (χ1n) is 5.52. The highest BCUT2D eigenvalue weighted by atomic mass is 35.7. The van der Waals surface area contributed by atoms with E-state index in [1.807, 2.05) is 0 Å². The molecule has 0 spiro atoms. The fraction of sp³-hybridized carbons (Fsp3) is 0.182. The molecule has 0 radical (unpaired) electrons. The highest BCUT2D eigenvalue weighted by Crippen LogP contribution is 2.25. The first kappa shape index (κ1) is 18.1. The predicted octanol–water partition coefficient (Wildman–Crippen LogP) is 2.37. The molecule has 0 aliphatic carbocycles. The number of hydrogen-bond donors (Lipinski definition) is 0. The molecule has 1 aromatic rings. The van der Waals surface area contributed by atoms with Crippen molar-refractivity contribution >= 4 is 67.1 Å². The number of rotatable bonds is 7. The van der Waals surface area contributed by atoms with E-state index in [0.29, 0.717) is 0 Å². The first-order valence-corrected chi connectivity index (χ1v) is 9.86. The van der Waals surface area contributed by atoms with Gasteiger partial charge >= 0.3 is 18.6 Å². The largest absolute Gasteiger partial charge is 0.815 e. The van der Waals surface area contributed by atoms with Crippen LogP contribution < -0.4 is 0 Å². The van der Waals surface area contributed by atoms with Gasteiger partial charge in [-0.15, -0.1) is 0 Å². The van der Waals surface area contributed by atoms with Crippen LogP contribution in [0.2, 0.25) is 0 Å². The van der Waals surface area contributed by atoms with E-state index in [4.69, 9.17) is 44.6 Å². The molecule has 0 amide bonds. The second-order valence-electron chi connectivity index (χ2n) is 3.38. The minimum absolute atomic E-state index is 0.0110. The van der Waals surface area contributed by atoms with E-state index in [-0.39, 0.29) is 18.1 Å². The van der Waals surface area contributed by atoms with Crippen molar-refractivity contribution in [3.8, 4) is 0 Å². The van der Waals surface area contributed by atoms with Crippen molar-refractivity contribution in [1.29, 1.82) is 0 Å². The monoisotopic (exact) mass is 368 g/mol. The lowest BCUT2D eigenvalue weighted by molar-refractivity contribution is -0.141. The van der Waals surface area contributed by atoms with E-state index in [1.54, 1.807) is 0 Å². The lowest BCUT2D eigenvalue weighted by Gasteiger charge is -2.13. The Morgan fingerprint density at radius 3 is 2.43 bits per heavy atom. The summed E-state index contributed by atoms with van der Waals surface area (Å²) >= 11 is 2.39. The van der Waals surface area contributed by atoms with Crippen molar-refractivity contribution in [2.75, 3.05) is 6.61 Å². The molecule has 0 aliphatic heterocycles. The van der Waals surface area contributed by atoms with Crippen molar-refractivity contribution in [3.63, 3.8) is 0 Å². The van der Waals surface area contributed by atoms with Crippen LogP contribution in [0.1, 0.15) is 12.7 Å². The molecule has 1 heterocycles. The molecule has 6 nitrogen and oxygen atoms in total. The van der Waals surface area contributed by atoms with Crippen molar-refractivity contribution in [2.45, 2.75) is 6.92 Å². The van der Waals surface area contributed by atoms with Gasteiger partial charge in [0.15, 0.2) is 11.3 Å². The maximum absolute atomic E-state index is 11.9. The molecule has 0 saturated heterocycles. The van der Waals surface area contributed by atoms with E-state index < -0.39 is 35.2 Å². The number of carbonyl (C=O) groups excluding carboxylic acids is 3. The van der Waals surface area contributed by atoms with Crippen molar-refractivity contribution in [1.82, 2.24) is 0 Å². The van der Waals surface area contributed by atoms with Crippen LogP contribution in [0.3, 0.4) is 0 Å². The van der Waals surface area contributed by atoms with Gasteiger partial charge in [0.2, 0.25) is 0 Å². The summed E-state index contributed by atoms with van der Waals surface area (Å²) in [7, 11) is 11.2. The van der Waals surface area contributed by atoms with Gasteiger partial charge in [-0.05, 0) is 30.7 Å². The average molecular weight is 370 g/mol. The Kier molecular flexibility index (Phi) is 7.29. The second-order valence-corrected chi connectivity index (χ2v) is 7.53. The molecule has 0 N–H and O–H groups in total. The number of ketones is 1. The molecule has 0 bridgehead atoms. The van der Waals surface area contributed by atoms with Crippen LogP contribution in [0.15, 0.2) is 28.4 Å². The lowest BCUT2D eigenvalue weighted by Crippen LogP contribution is -2.23. The Bertz CT molecular complexity index is 567. The van der Waals surface area contributed by atoms with Gasteiger partial charge in [-0.1, -0.05) is 0 Å². The van der Waals surface area contributed by atoms with Crippen LogP contribution in [0.4, 0.5) is 0 Å². The Morgan fingerprint density at radius 1 is 1.33 bits per heavy atom. The second kappa shape index (κ2) is 8.47. The standard InChI is InChI=1S/C11H9ClO6.Al.2ClH/c1-2-17-11(16)7(9(14)10(12)15)8(13)6-4-3-5-18-6;;;/h3-5,13H,2H2,1H3;;2*1H/q;+3;;/p-3/b8-7-;;;. The van der Waals surface area contributed by atoms with Gasteiger partial charge in [0.05, 0.1) is 12.9 Å². The summed E-state index contributed by atoms with van der Waals surface area (Å²) in [5.74, 6) is -2.78. The Morgan fingerprint density at radius 2 is 2.00 bits per heavy atom. The van der Waals surface area contributed by atoms with E-state index in [1.165, 1.54) is 25.3 Å². The van der Waals surface area contributed by atoms with Gasteiger partial charge in [0.1, 0.15) is 5.76 Å². The summed E-state index contributed by atoms with van der Waals surface area (Å²) in [6, 6.07) is 2.87. The third kappa shape index (κ3) is 5.06. The predicted molar refractivity (Wildman–Crippen MR) is 76.7 cm³/mol. The fourth-order valence-electron chi connectivity index (χ4n) is 1.33. The number of Topliss-reactive ketones (excluding diaryl/α,β-unsaturated/α-hetero) is 1. The number of carbonyl (C=O) groups is 3. The summed E-state index contributed by atoms with van der Waals surface area (Å²) in [4.78, 5) is 34.8. The highest BCUT2D eigenvalue weighted by Gasteiger charge is 2.34. The number of esters is 1. The number of halogens is 3. The van der Waals surface area contributed by atoms with E-state index >= 15 is 0 Å². The van der Waals surface area contributed by atoms with Crippen LogP contribution in [0.5, 0.6) is 0 Å². The number of furan rings is 1. The van der Waals surface area contributed by atoms with E-state index in [2.05, 4.69) is 0 Å². The Hall–Kier alpha value is -0.968. The van der Waals surface area contributed by atoms with Gasteiger partial charge in [-0.2, -0.15) is 20.1 Å². The molecule has 0 fully saturated rings. The molecule has 1 aromatic heterocycles. The number of ether oxygens (including phenoxy) is 1. The van der Waals surface area contributed by atoms with Crippen LogP contribution in [-0.4, -0.2) is 36.2 Å². The molecule has 0 atom stereocenters. The van der Waals surface area contributed by atoms with Crippen molar-refractivity contribution in [3.05, 3.63) is 29.7 Å². The number of hydrogen-bond acceptors (Lipinski definition) is 6. The molecule has 10 heteroatoms. The molecule has 0 saturated carbocycles. The third-order valence-electron chi connectivity index (χ3n) is 2.06. The summed E-state index contributed by atoms with van der Waals surface area (Å²) in [6.45, 7) is 1.50. The SMILES string of the molecule is CCOC(=O)/C(C(=O)C(=O)Cl)=C(\[O][Al]([Cl])[Cl])c1ccco1. The minimum Gasteiger partial charge on any atom is -0.617 e. The normalized spacial score (nSPS) is 11.4. The average Bonchev–Trinajstić information content (AvgIpc) is 2.91. The summed E-state index contributed by atoms with van der Waals surface area (Å²) < 4.78 is 14.9. The van der Waals surface area contributed by atoms with Gasteiger partial charge < -0.3 is 12.9 Å². The van der Waals surface area contributed by atoms with Gasteiger partial charge in [0, 0.05) is 0 Å². The quantitative estimate of drug-likeness (QED) is 0.107. The molecule has 21 heavy (non-hydrogen) atoms. The fourth-order valence-corrected chi connectivity index (χ4v) is 2.37. The lowest BCUT2D eigenvalue weighted by atomic mass is 10.1. The van der Waals surface area contributed by atoms with Crippen LogP contribution >= 0.6 is 31.7 Å². The molecule has 0 aliphatic rings. The minimum atomic E-state index is -2.75. The zero-order valence-electron chi connectivity index (χ0n) is 10.6. The topological polar surface area (TPSA) is 82.8 Å².